The van der Waals surface area contributed by atoms with Gasteiger partial charge in [0.15, 0.2) is 0 Å². The normalized spacial score (nSPS) is 14.4. The van der Waals surface area contributed by atoms with E-state index in [1.54, 1.807) is 35.4 Å². The lowest BCUT2D eigenvalue weighted by molar-refractivity contribution is -0.116. The number of hydrogen-bond donors (Lipinski definition) is 1. The summed E-state index contributed by atoms with van der Waals surface area (Å²) in [6.07, 6.45) is 6.18. The molecule has 25 heavy (non-hydrogen) atoms. The summed E-state index contributed by atoms with van der Waals surface area (Å²) in [6, 6.07) is 3.58. The van der Waals surface area contributed by atoms with E-state index in [4.69, 9.17) is 0 Å². The number of aromatic nitrogens is 3. The maximum absolute atomic E-state index is 12.5. The first kappa shape index (κ1) is 17.5. The minimum absolute atomic E-state index is 0.0211. The molecule has 0 unspecified atom stereocenters. The van der Waals surface area contributed by atoms with Crippen molar-refractivity contribution in [2.24, 2.45) is 0 Å². The Labute approximate surface area is 150 Å². The van der Waals surface area contributed by atoms with Crippen molar-refractivity contribution in [2.45, 2.75) is 19.8 Å². The third-order valence-corrected chi connectivity index (χ3v) is 4.82. The lowest BCUT2D eigenvalue weighted by Crippen LogP contribution is -2.38. The van der Waals surface area contributed by atoms with E-state index in [0.29, 0.717) is 23.6 Å². The predicted molar refractivity (Wildman–Crippen MR) is 98.1 cm³/mol. The summed E-state index contributed by atoms with van der Waals surface area (Å²) in [7, 11) is 0. The van der Waals surface area contributed by atoms with Gasteiger partial charge in [-0.15, -0.1) is 0 Å². The van der Waals surface area contributed by atoms with Gasteiger partial charge in [-0.25, -0.2) is 9.97 Å². The fraction of sp³-hybridized carbons (Fsp3) is 0.412. The summed E-state index contributed by atoms with van der Waals surface area (Å²) in [6.45, 7) is 3.49. The van der Waals surface area contributed by atoms with E-state index >= 15 is 0 Å². The summed E-state index contributed by atoms with van der Waals surface area (Å²) in [5, 5.41) is 2.80. The molecule has 2 aromatic heterocycles. The molecule has 1 N–H and O–H groups in total. The summed E-state index contributed by atoms with van der Waals surface area (Å²) in [4.78, 5) is 34.4. The highest BCUT2D eigenvalue weighted by Crippen LogP contribution is 2.14. The van der Waals surface area contributed by atoms with E-state index in [0.717, 1.165) is 31.0 Å². The van der Waals surface area contributed by atoms with Gasteiger partial charge in [0.25, 0.3) is 5.91 Å². The molecule has 2 aromatic rings. The van der Waals surface area contributed by atoms with Crippen LogP contribution in [0.25, 0.3) is 5.82 Å². The van der Waals surface area contributed by atoms with Gasteiger partial charge in [-0.05, 0) is 18.6 Å². The summed E-state index contributed by atoms with van der Waals surface area (Å²) in [5.74, 6) is 2.53. The Balaban J connectivity index is 1.67. The number of pyridine rings is 1. The second-order valence-electron chi connectivity index (χ2n) is 5.77. The van der Waals surface area contributed by atoms with Crippen molar-refractivity contribution in [3.8, 4) is 5.82 Å². The van der Waals surface area contributed by atoms with Gasteiger partial charge in [-0.1, -0.05) is 6.92 Å². The maximum Gasteiger partial charge on any atom is 0.274 e. The van der Waals surface area contributed by atoms with Gasteiger partial charge < -0.3 is 10.2 Å². The molecule has 0 bridgehead atoms. The Morgan fingerprint density at radius 1 is 1.24 bits per heavy atom. The predicted octanol–water partition coefficient (Wildman–Crippen LogP) is 2.19. The van der Waals surface area contributed by atoms with Crippen molar-refractivity contribution >= 4 is 29.3 Å². The number of thioether (sulfide) groups is 1. The first-order valence-electron chi connectivity index (χ1n) is 8.34. The van der Waals surface area contributed by atoms with Crippen LogP contribution in [-0.4, -0.2) is 55.8 Å². The number of carbonyl (C=O) groups is 2. The van der Waals surface area contributed by atoms with Crippen LogP contribution in [0.1, 0.15) is 30.3 Å². The highest BCUT2D eigenvalue weighted by atomic mass is 32.2. The van der Waals surface area contributed by atoms with E-state index in [1.165, 1.54) is 0 Å². The standard InChI is InChI=1S/C17H21N5O2S/c1-2-3-16(23)20-13-4-5-15(18-10-13)22-11-14(19-12-22)17(24)21-6-8-25-9-7-21/h4-5,10-12H,2-3,6-9H2,1H3,(H,20,23). The first-order chi connectivity index (χ1) is 12.2. The lowest BCUT2D eigenvalue weighted by atomic mass is 10.3. The molecular formula is C17H21N5O2S. The van der Waals surface area contributed by atoms with Gasteiger partial charge in [-0.2, -0.15) is 11.8 Å². The Morgan fingerprint density at radius 3 is 2.72 bits per heavy atom. The zero-order valence-electron chi connectivity index (χ0n) is 14.1. The van der Waals surface area contributed by atoms with Crippen molar-refractivity contribution in [2.75, 3.05) is 29.9 Å². The van der Waals surface area contributed by atoms with Crippen LogP contribution in [0.4, 0.5) is 5.69 Å². The number of nitrogens with zero attached hydrogens (tertiary/aromatic N) is 4. The molecule has 0 aliphatic carbocycles. The van der Waals surface area contributed by atoms with Gasteiger partial charge in [0.2, 0.25) is 5.91 Å². The topological polar surface area (TPSA) is 80.1 Å². The van der Waals surface area contributed by atoms with Gasteiger partial charge in [0, 0.05) is 37.2 Å². The van der Waals surface area contributed by atoms with Crippen LogP contribution in [0.5, 0.6) is 0 Å². The van der Waals surface area contributed by atoms with Crippen molar-refractivity contribution in [1.82, 2.24) is 19.4 Å². The third kappa shape index (κ3) is 4.39. The van der Waals surface area contributed by atoms with E-state index in [9.17, 15) is 9.59 Å². The quantitative estimate of drug-likeness (QED) is 0.885. The van der Waals surface area contributed by atoms with E-state index in [2.05, 4.69) is 15.3 Å². The molecule has 1 aliphatic rings. The number of nitrogens with one attached hydrogen (secondary N) is 1. The van der Waals surface area contributed by atoms with Gasteiger partial charge in [0.05, 0.1) is 11.9 Å². The van der Waals surface area contributed by atoms with E-state index < -0.39 is 0 Å². The SMILES string of the molecule is CCCC(=O)Nc1ccc(-n2cnc(C(=O)N3CCSCC3)c2)nc1. The van der Waals surface area contributed by atoms with E-state index in [-0.39, 0.29) is 11.8 Å². The van der Waals surface area contributed by atoms with Crippen LogP contribution in [-0.2, 0) is 4.79 Å². The minimum atomic E-state index is -0.0394. The van der Waals surface area contributed by atoms with Crippen molar-refractivity contribution in [1.29, 1.82) is 0 Å². The second kappa shape index (κ2) is 8.15. The molecule has 0 saturated carbocycles. The lowest BCUT2D eigenvalue weighted by Gasteiger charge is -2.25. The van der Waals surface area contributed by atoms with Crippen LogP contribution >= 0.6 is 11.8 Å². The van der Waals surface area contributed by atoms with E-state index in [1.807, 2.05) is 23.6 Å². The zero-order chi connectivity index (χ0) is 17.6. The molecule has 0 spiro atoms. The molecule has 8 heteroatoms. The summed E-state index contributed by atoms with van der Waals surface area (Å²) in [5.41, 5.74) is 1.08. The number of anilines is 1. The number of imidazole rings is 1. The maximum atomic E-state index is 12.5. The van der Waals surface area contributed by atoms with Gasteiger partial charge >= 0.3 is 0 Å². The number of rotatable bonds is 5. The van der Waals surface area contributed by atoms with Crippen LogP contribution in [0.15, 0.2) is 30.9 Å². The van der Waals surface area contributed by atoms with Crippen LogP contribution < -0.4 is 5.32 Å². The minimum Gasteiger partial charge on any atom is -0.336 e. The molecule has 1 fully saturated rings. The van der Waals surface area contributed by atoms with Gasteiger partial charge in [-0.3, -0.25) is 14.2 Å². The fourth-order valence-electron chi connectivity index (χ4n) is 2.55. The molecule has 3 heterocycles. The Bertz CT molecular complexity index is 738. The van der Waals surface area contributed by atoms with Crippen molar-refractivity contribution in [3.63, 3.8) is 0 Å². The Hall–Kier alpha value is -2.35. The number of carbonyl (C=O) groups excluding carboxylic acids is 2. The largest absolute Gasteiger partial charge is 0.336 e. The number of hydrogen-bond acceptors (Lipinski definition) is 5. The molecule has 1 aliphatic heterocycles. The molecule has 1 saturated heterocycles. The average molecular weight is 359 g/mol. The first-order valence-corrected chi connectivity index (χ1v) is 9.50. The van der Waals surface area contributed by atoms with Crippen LogP contribution in [0.3, 0.4) is 0 Å². The van der Waals surface area contributed by atoms with Crippen molar-refractivity contribution < 1.29 is 9.59 Å². The highest BCUT2D eigenvalue weighted by molar-refractivity contribution is 7.99. The van der Waals surface area contributed by atoms with Crippen LogP contribution in [0.2, 0.25) is 0 Å². The molecule has 0 aromatic carbocycles. The van der Waals surface area contributed by atoms with Crippen LogP contribution in [0, 0.1) is 0 Å². The molecule has 7 nitrogen and oxygen atoms in total. The average Bonchev–Trinajstić information content (AvgIpc) is 3.13. The highest BCUT2D eigenvalue weighted by Gasteiger charge is 2.20. The molecule has 132 valence electrons. The smallest absolute Gasteiger partial charge is 0.274 e. The summed E-state index contributed by atoms with van der Waals surface area (Å²) < 4.78 is 1.71. The Morgan fingerprint density at radius 2 is 2.04 bits per heavy atom. The molecule has 0 atom stereocenters. The van der Waals surface area contributed by atoms with Crippen molar-refractivity contribution in [3.05, 3.63) is 36.5 Å². The van der Waals surface area contributed by atoms with Gasteiger partial charge in [0.1, 0.15) is 17.8 Å². The summed E-state index contributed by atoms with van der Waals surface area (Å²) >= 11 is 1.86. The monoisotopic (exact) mass is 359 g/mol. The third-order valence-electron chi connectivity index (χ3n) is 3.87. The Kier molecular flexibility index (Phi) is 5.70. The molecular weight excluding hydrogens is 338 g/mol. The second-order valence-corrected chi connectivity index (χ2v) is 7.00. The molecule has 2 amide bonds. The zero-order valence-corrected chi connectivity index (χ0v) is 15.0. The molecule has 0 radical (unpaired) electrons. The molecule has 3 rings (SSSR count). The fourth-order valence-corrected chi connectivity index (χ4v) is 3.45. The number of amides is 2.